The molecular formula is C23H19F5N6O3. The van der Waals surface area contributed by atoms with Crippen molar-refractivity contribution < 1.29 is 36.4 Å². The van der Waals surface area contributed by atoms with Crippen LogP contribution >= 0.6 is 0 Å². The molecule has 0 bridgehead atoms. The van der Waals surface area contributed by atoms with Crippen molar-refractivity contribution in [2.24, 2.45) is 5.92 Å². The lowest BCUT2D eigenvalue weighted by Gasteiger charge is -2.21. The summed E-state index contributed by atoms with van der Waals surface area (Å²) in [5, 5.41) is 19.8. The van der Waals surface area contributed by atoms with Crippen molar-refractivity contribution in [2.75, 3.05) is 5.32 Å². The maximum Gasteiger partial charge on any atom is 0.391 e. The molecule has 0 amide bonds. The van der Waals surface area contributed by atoms with E-state index < -0.39 is 48.0 Å². The standard InChI is InChI=1S/C23H19F5N6O3/c1-12(23(26,27)28)8-18(22(35)36)30-20-15(25)10-29-21(31-20)17-9-19(16-6-7-37-33-16)34(32-17)11-13-4-2-3-5-14(13)24/h2-7,9-10,12,18H,8,11H2,1H3,(H,35,36)(H,29,30,31)/t12-,18+/m1/s1. The van der Waals surface area contributed by atoms with Gasteiger partial charge < -0.3 is 14.9 Å². The van der Waals surface area contributed by atoms with Crippen molar-refractivity contribution in [3.05, 3.63) is 66.1 Å². The van der Waals surface area contributed by atoms with Gasteiger partial charge in [-0.1, -0.05) is 30.3 Å². The van der Waals surface area contributed by atoms with Crippen molar-refractivity contribution in [3.63, 3.8) is 0 Å². The van der Waals surface area contributed by atoms with E-state index in [1.807, 2.05) is 0 Å². The molecule has 9 nitrogen and oxygen atoms in total. The molecule has 0 unspecified atom stereocenters. The molecule has 194 valence electrons. The summed E-state index contributed by atoms with van der Waals surface area (Å²) in [5.74, 6) is -5.89. The van der Waals surface area contributed by atoms with Crippen LogP contribution in [0.3, 0.4) is 0 Å². The molecule has 0 saturated heterocycles. The first-order chi connectivity index (χ1) is 17.5. The highest BCUT2D eigenvalue weighted by atomic mass is 19.4. The van der Waals surface area contributed by atoms with E-state index in [9.17, 15) is 31.9 Å². The van der Waals surface area contributed by atoms with E-state index in [-0.39, 0.29) is 18.1 Å². The molecule has 14 heteroatoms. The lowest BCUT2D eigenvalue weighted by Crippen LogP contribution is -2.35. The number of nitrogens with zero attached hydrogens (tertiary/aromatic N) is 5. The van der Waals surface area contributed by atoms with Gasteiger partial charge in [0.25, 0.3) is 0 Å². The number of benzene rings is 1. The molecule has 4 rings (SSSR count). The molecule has 2 atom stereocenters. The van der Waals surface area contributed by atoms with Crippen molar-refractivity contribution in [1.82, 2.24) is 24.9 Å². The molecular weight excluding hydrogens is 503 g/mol. The number of anilines is 1. The summed E-state index contributed by atoms with van der Waals surface area (Å²) in [6.45, 7) is 0.810. The van der Waals surface area contributed by atoms with Crippen LogP contribution in [0.1, 0.15) is 18.9 Å². The van der Waals surface area contributed by atoms with Gasteiger partial charge in [-0.3, -0.25) is 4.68 Å². The van der Waals surface area contributed by atoms with E-state index in [0.717, 1.165) is 13.1 Å². The number of alkyl halides is 3. The molecule has 1 aromatic carbocycles. The first-order valence-electron chi connectivity index (χ1n) is 10.8. The van der Waals surface area contributed by atoms with E-state index in [2.05, 4.69) is 25.5 Å². The zero-order valence-electron chi connectivity index (χ0n) is 19.1. The number of carbonyl (C=O) groups is 1. The van der Waals surface area contributed by atoms with E-state index in [1.54, 1.807) is 12.1 Å². The van der Waals surface area contributed by atoms with Crippen molar-refractivity contribution in [3.8, 4) is 22.9 Å². The third-order valence-electron chi connectivity index (χ3n) is 5.49. The fourth-order valence-corrected chi connectivity index (χ4v) is 3.45. The maximum atomic E-state index is 14.4. The first kappa shape index (κ1) is 25.7. The molecule has 37 heavy (non-hydrogen) atoms. The van der Waals surface area contributed by atoms with Crippen LogP contribution < -0.4 is 5.32 Å². The van der Waals surface area contributed by atoms with Crippen LogP contribution in [0, 0.1) is 17.6 Å². The lowest BCUT2D eigenvalue weighted by molar-refractivity contribution is -0.173. The third-order valence-corrected chi connectivity index (χ3v) is 5.49. The van der Waals surface area contributed by atoms with Crippen LogP contribution in [0.5, 0.6) is 0 Å². The number of aliphatic carboxylic acids is 1. The second-order valence-electron chi connectivity index (χ2n) is 8.15. The molecule has 0 saturated carbocycles. The molecule has 4 aromatic rings. The Labute approximate surface area is 206 Å². The minimum atomic E-state index is -4.63. The normalized spacial score (nSPS) is 13.4. The highest BCUT2D eigenvalue weighted by molar-refractivity contribution is 5.77. The molecule has 0 aliphatic rings. The number of halogens is 5. The summed E-state index contributed by atoms with van der Waals surface area (Å²) in [7, 11) is 0. The van der Waals surface area contributed by atoms with E-state index in [4.69, 9.17) is 4.52 Å². The second kappa shape index (κ2) is 10.3. The van der Waals surface area contributed by atoms with Crippen LogP contribution in [-0.2, 0) is 11.3 Å². The summed E-state index contributed by atoms with van der Waals surface area (Å²) in [5.41, 5.74) is 1.14. The van der Waals surface area contributed by atoms with Crippen LogP contribution in [0.15, 0.2) is 53.4 Å². The fraction of sp³-hybridized carbons (Fsp3) is 0.261. The average Bonchev–Trinajstić information content (AvgIpc) is 3.51. The predicted molar refractivity (Wildman–Crippen MR) is 119 cm³/mol. The highest BCUT2D eigenvalue weighted by Gasteiger charge is 2.39. The van der Waals surface area contributed by atoms with Crippen molar-refractivity contribution in [2.45, 2.75) is 32.1 Å². The van der Waals surface area contributed by atoms with Gasteiger partial charge in [0.05, 0.1) is 24.4 Å². The van der Waals surface area contributed by atoms with Crippen LogP contribution in [0.2, 0.25) is 0 Å². The Hall–Kier alpha value is -4.36. The van der Waals surface area contributed by atoms with Crippen molar-refractivity contribution in [1.29, 1.82) is 0 Å². The van der Waals surface area contributed by atoms with Gasteiger partial charge in [-0.05, 0) is 18.6 Å². The summed E-state index contributed by atoms with van der Waals surface area (Å²) < 4.78 is 73.8. The van der Waals surface area contributed by atoms with Crippen LogP contribution in [0.25, 0.3) is 22.9 Å². The zero-order valence-corrected chi connectivity index (χ0v) is 19.1. The smallest absolute Gasteiger partial charge is 0.391 e. The second-order valence-corrected chi connectivity index (χ2v) is 8.15. The first-order valence-corrected chi connectivity index (χ1v) is 10.8. The summed E-state index contributed by atoms with van der Waals surface area (Å²) in [6.07, 6.45) is -3.43. The van der Waals surface area contributed by atoms with Gasteiger partial charge >= 0.3 is 12.1 Å². The molecule has 3 heterocycles. The number of hydrogen-bond acceptors (Lipinski definition) is 7. The van der Waals surface area contributed by atoms with E-state index in [1.165, 1.54) is 35.2 Å². The van der Waals surface area contributed by atoms with Gasteiger partial charge in [-0.2, -0.15) is 18.3 Å². The topological polar surface area (TPSA) is 119 Å². The van der Waals surface area contributed by atoms with Crippen LogP contribution in [0.4, 0.5) is 27.8 Å². The highest BCUT2D eigenvalue weighted by Crippen LogP contribution is 2.31. The Bertz CT molecular complexity index is 1390. The molecule has 0 spiro atoms. The third kappa shape index (κ3) is 5.90. The molecule has 0 aliphatic heterocycles. The maximum absolute atomic E-state index is 14.4. The van der Waals surface area contributed by atoms with Crippen molar-refractivity contribution >= 4 is 11.8 Å². The number of carboxylic acids is 1. The molecule has 2 N–H and O–H groups in total. The molecule has 3 aromatic heterocycles. The largest absolute Gasteiger partial charge is 0.480 e. The fourth-order valence-electron chi connectivity index (χ4n) is 3.45. The molecule has 0 fully saturated rings. The van der Waals surface area contributed by atoms with Gasteiger partial charge in [-0.15, -0.1) is 0 Å². The van der Waals surface area contributed by atoms with E-state index >= 15 is 0 Å². The number of rotatable bonds is 9. The SMILES string of the molecule is C[C@H](C[C@H](Nc1nc(-c2cc(-c3ccon3)n(Cc3ccccc3F)n2)ncc1F)C(=O)O)C(F)(F)F. The van der Waals surface area contributed by atoms with Gasteiger partial charge in [-0.25, -0.2) is 23.5 Å². The number of hydrogen-bond donors (Lipinski definition) is 2. The number of aromatic nitrogens is 5. The molecule has 0 aliphatic carbocycles. The van der Waals surface area contributed by atoms with Gasteiger partial charge in [0.2, 0.25) is 0 Å². The Morgan fingerprint density at radius 3 is 2.57 bits per heavy atom. The summed E-state index contributed by atoms with van der Waals surface area (Å²) in [6, 6.07) is 7.28. The Kier molecular flexibility index (Phi) is 7.18. The average molecular weight is 522 g/mol. The summed E-state index contributed by atoms with van der Waals surface area (Å²) >= 11 is 0. The number of carboxylic acid groups (broad SMARTS) is 1. The van der Waals surface area contributed by atoms with Gasteiger partial charge in [0.1, 0.15) is 29.5 Å². The minimum Gasteiger partial charge on any atom is -0.480 e. The van der Waals surface area contributed by atoms with Gasteiger partial charge in [0, 0.05) is 11.6 Å². The minimum absolute atomic E-state index is 0.0163. The quantitative estimate of drug-likeness (QED) is 0.302. The number of nitrogens with one attached hydrogen (secondary N) is 1. The van der Waals surface area contributed by atoms with E-state index in [0.29, 0.717) is 17.0 Å². The van der Waals surface area contributed by atoms with Crippen LogP contribution in [-0.4, -0.2) is 48.2 Å². The van der Waals surface area contributed by atoms with Gasteiger partial charge in [0.15, 0.2) is 17.5 Å². The monoisotopic (exact) mass is 522 g/mol. The predicted octanol–water partition coefficient (Wildman–Crippen LogP) is 4.78. The Morgan fingerprint density at radius 2 is 1.92 bits per heavy atom. The Balaban J connectivity index is 1.68. The zero-order chi connectivity index (χ0) is 26.7. The summed E-state index contributed by atoms with van der Waals surface area (Å²) in [4.78, 5) is 19.4. The Morgan fingerprint density at radius 1 is 1.16 bits per heavy atom. The molecule has 0 radical (unpaired) electrons. The lowest BCUT2D eigenvalue weighted by atomic mass is 10.0.